The Kier molecular flexibility index (Phi) is 4.45. The molecular formula is C15H14N2O7S. The van der Waals surface area contributed by atoms with Crippen LogP contribution < -0.4 is 10.1 Å². The summed E-state index contributed by atoms with van der Waals surface area (Å²) in [5.74, 6) is -3.37. The second-order valence-electron chi connectivity index (χ2n) is 5.37. The lowest BCUT2D eigenvalue weighted by Gasteiger charge is -2.48. The fraction of sp³-hybridized carbons (Fsp3) is 0.267. The van der Waals surface area contributed by atoms with E-state index < -0.39 is 51.5 Å². The van der Waals surface area contributed by atoms with Gasteiger partial charge in [0.2, 0.25) is 0 Å². The number of carbonyl (C=O) groups is 3. The van der Waals surface area contributed by atoms with Crippen LogP contribution in [-0.2, 0) is 25.2 Å². The molecule has 2 amide bonds. The smallest absolute Gasteiger partial charge is 0.356 e. The molecule has 2 aliphatic heterocycles. The fourth-order valence-corrected chi connectivity index (χ4v) is 4.15. The van der Waals surface area contributed by atoms with Crippen LogP contribution in [0, 0.1) is 0 Å². The normalized spacial score (nSPS) is 25.0. The highest BCUT2D eigenvalue weighted by molar-refractivity contribution is 7.86. The summed E-state index contributed by atoms with van der Waals surface area (Å²) in [4.78, 5) is 36.0. The molecule has 0 bridgehead atoms. The molecule has 3 N–H and O–H groups in total. The number of nitrogens with zero attached hydrogens (tertiary/aromatic N) is 1. The third-order valence-electron chi connectivity index (χ3n) is 3.74. The van der Waals surface area contributed by atoms with E-state index >= 15 is 0 Å². The van der Waals surface area contributed by atoms with Crippen molar-refractivity contribution in [2.24, 2.45) is 0 Å². The number of carboxylic acid groups (broad SMARTS) is 1. The second-order valence-corrected chi connectivity index (χ2v) is 6.90. The maximum atomic E-state index is 12.1. The summed E-state index contributed by atoms with van der Waals surface area (Å²) < 4.78 is 17.4. The van der Waals surface area contributed by atoms with Crippen molar-refractivity contribution in [2.75, 3.05) is 12.4 Å². The maximum absolute atomic E-state index is 12.1. The van der Waals surface area contributed by atoms with Crippen LogP contribution in [0.5, 0.6) is 5.75 Å². The van der Waals surface area contributed by atoms with Gasteiger partial charge in [-0.15, -0.1) is 0 Å². The van der Waals surface area contributed by atoms with E-state index in [4.69, 9.17) is 9.84 Å². The predicted molar refractivity (Wildman–Crippen MR) is 84.8 cm³/mol. The lowest BCUT2D eigenvalue weighted by atomic mass is 10.0. The molecule has 3 rings (SSSR count). The molecule has 0 aromatic heterocycles. The second kappa shape index (κ2) is 6.55. The number of aliphatic hydroxyl groups excluding tert-OH is 1. The number of hydrogen-bond donors (Lipinski definition) is 3. The van der Waals surface area contributed by atoms with E-state index in [9.17, 15) is 23.7 Å². The Hall–Kier alpha value is -2.88. The molecule has 25 heavy (non-hydrogen) atoms. The molecule has 9 nitrogen and oxygen atoms in total. The van der Waals surface area contributed by atoms with Crippen molar-refractivity contribution in [3.63, 3.8) is 0 Å². The number of ether oxygens (including phenoxy) is 1. The average Bonchev–Trinajstić information content (AvgIpc) is 2.58. The first-order chi connectivity index (χ1) is 11.9. The van der Waals surface area contributed by atoms with Gasteiger partial charge in [-0.2, -0.15) is 0 Å². The van der Waals surface area contributed by atoms with Crippen molar-refractivity contribution in [1.82, 2.24) is 10.2 Å². The maximum Gasteiger partial charge on any atom is 0.356 e. The molecule has 1 saturated heterocycles. The predicted octanol–water partition coefficient (Wildman–Crippen LogP) is -0.665. The molecule has 2 heterocycles. The van der Waals surface area contributed by atoms with Crippen molar-refractivity contribution in [3.05, 3.63) is 41.8 Å². The van der Waals surface area contributed by atoms with E-state index in [1.54, 1.807) is 30.3 Å². The van der Waals surface area contributed by atoms with E-state index in [-0.39, 0.29) is 12.4 Å². The zero-order chi connectivity index (χ0) is 18.1. The summed E-state index contributed by atoms with van der Waals surface area (Å²) in [5, 5.41) is 20.1. The number of nitrogens with one attached hydrogen (secondary N) is 1. The standard InChI is InChI=1S/C15H14N2O7S/c18-9-7-25(23)14-11(13(20)17(14)12(9)15(21)22)16-10(19)6-24-8-4-2-1-3-5-8/h1-5,11,14,18H,6-7H2,(H,16,19)(H,21,22)/t11-,14-,25?/m1/s1. The minimum atomic E-state index is -1.72. The van der Waals surface area contributed by atoms with Crippen LogP contribution in [0.4, 0.5) is 0 Å². The van der Waals surface area contributed by atoms with Crippen LogP contribution in [0.3, 0.4) is 0 Å². The van der Waals surface area contributed by atoms with Gasteiger partial charge in [0.1, 0.15) is 22.9 Å². The topological polar surface area (TPSA) is 133 Å². The van der Waals surface area contributed by atoms with Crippen LogP contribution in [-0.4, -0.2) is 60.9 Å². The first-order valence-electron chi connectivity index (χ1n) is 7.23. The van der Waals surface area contributed by atoms with E-state index in [0.29, 0.717) is 5.75 Å². The number of para-hydroxylation sites is 1. The SMILES string of the molecule is O=C(COc1ccccc1)N[C@@H]1C(=O)N2C(C(=O)O)=C(O)CS(=O)[C@H]12. The largest absolute Gasteiger partial charge is 0.509 e. The molecule has 0 spiro atoms. The Morgan fingerprint density at radius 1 is 1.32 bits per heavy atom. The molecule has 1 unspecified atom stereocenters. The lowest BCUT2D eigenvalue weighted by molar-refractivity contribution is -0.151. The number of amides is 2. The summed E-state index contributed by atoms with van der Waals surface area (Å²) in [6.07, 6.45) is 0. The highest BCUT2D eigenvalue weighted by atomic mass is 32.2. The van der Waals surface area contributed by atoms with Gasteiger partial charge in [-0.25, -0.2) is 4.79 Å². The van der Waals surface area contributed by atoms with Crippen molar-refractivity contribution in [1.29, 1.82) is 0 Å². The van der Waals surface area contributed by atoms with Crippen molar-refractivity contribution >= 4 is 28.6 Å². The van der Waals surface area contributed by atoms with Gasteiger partial charge in [-0.1, -0.05) is 18.2 Å². The van der Waals surface area contributed by atoms with Gasteiger partial charge in [-0.3, -0.25) is 18.7 Å². The van der Waals surface area contributed by atoms with Crippen LogP contribution in [0.1, 0.15) is 0 Å². The Balaban J connectivity index is 1.65. The van der Waals surface area contributed by atoms with E-state index in [0.717, 1.165) is 4.90 Å². The number of β-lactam (4-membered cyclic amide) rings is 1. The van der Waals surface area contributed by atoms with Gasteiger partial charge in [0.05, 0.1) is 16.6 Å². The lowest BCUT2D eigenvalue weighted by Crippen LogP contribution is -2.73. The Bertz CT molecular complexity index is 792. The quantitative estimate of drug-likeness (QED) is 0.589. The van der Waals surface area contributed by atoms with Crippen molar-refractivity contribution in [2.45, 2.75) is 11.4 Å². The molecule has 0 saturated carbocycles. The van der Waals surface area contributed by atoms with Gasteiger partial charge in [0.25, 0.3) is 11.8 Å². The van der Waals surface area contributed by atoms with Gasteiger partial charge in [-0.05, 0) is 12.1 Å². The third kappa shape index (κ3) is 3.07. The molecule has 3 atom stereocenters. The van der Waals surface area contributed by atoms with Crippen LogP contribution >= 0.6 is 0 Å². The molecule has 0 radical (unpaired) electrons. The highest BCUT2D eigenvalue weighted by Crippen LogP contribution is 2.34. The minimum absolute atomic E-state index is 0.347. The fourth-order valence-electron chi connectivity index (χ4n) is 2.64. The number of rotatable bonds is 5. The van der Waals surface area contributed by atoms with Crippen LogP contribution in [0.25, 0.3) is 0 Å². The number of carbonyl (C=O) groups excluding carboxylic acids is 2. The monoisotopic (exact) mass is 366 g/mol. The summed E-state index contributed by atoms with van der Waals surface area (Å²) in [6.45, 7) is -0.347. The van der Waals surface area contributed by atoms with E-state index in [2.05, 4.69) is 5.32 Å². The highest BCUT2D eigenvalue weighted by Gasteiger charge is 2.57. The molecular weight excluding hydrogens is 352 g/mol. The van der Waals surface area contributed by atoms with Gasteiger partial charge in [0.15, 0.2) is 12.3 Å². The van der Waals surface area contributed by atoms with Gasteiger partial charge < -0.3 is 20.3 Å². The average molecular weight is 366 g/mol. The van der Waals surface area contributed by atoms with E-state index in [1.807, 2.05) is 0 Å². The molecule has 1 aromatic rings. The Morgan fingerprint density at radius 3 is 2.64 bits per heavy atom. The van der Waals surface area contributed by atoms with Gasteiger partial charge >= 0.3 is 5.97 Å². The first-order valence-corrected chi connectivity index (χ1v) is 8.61. The first kappa shape index (κ1) is 17.0. The summed E-state index contributed by atoms with van der Waals surface area (Å²) >= 11 is 0. The summed E-state index contributed by atoms with van der Waals surface area (Å²) in [6, 6.07) is 7.46. The number of carboxylic acids is 1. The number of fused-ring (bicyclic) bond motifs is 1. The molecule has 2 aliphatic rings. The Labute approximate surface area is 144 Å². The summed E-state index contributed by atoms with van der Waals surface area (Å²) in [5.41, 5.74) is -0.597. The van der Waals surface area contributed by atoms with Crippen molar-refractivity contribution in [3.8, 4) is 5.75 Å². The zero-order valence-corrected chi connectivity index (χ0v) is 13.6. The Morgan fingerprint density at radius 2 is 2.00 bits per heavy atom. The van der Waals surface area contributed by atoms with Crippen LogP contribution in [0.15, 0.2) is 41.8 Å². The molecule has 0 aliphatic carbocycles. The van der Waals surface area contributed by atoms with E-state index in [1.165, 1.54) is 0 Å². The molecule has 132 valence electrons. The number of hydrogen-bond acceptors (Lipinski definition) is 6. The number of aliphatic hydroxyl groups is 1. The zero-order valence-electron chi connectivity index (χ0n) is 12.7. The number of benzene rings is 1. The third-order valence-corrected chi connectivity index (χ3v) is 5.32. The van der Waals surface area contributed by atoms with Gasteiger partial charge in [0, 0.05) is 0 Å². The van der Waals surface area contributed by atoms with Crippen molar-refractivity contribution < 1.29 is 33.5 Å². The minimum Gasteiger partial charge on any atom is -0.509 e. The number of aliphatic carboxylic acids is 1. The molecule has 1 fully saturated rings. The van der Waals surface area contributed by atoms with Crippen LogP contribution in [0.2, 0.25) is 0 Å². The summed E-state index contributed by atoms with van der Waals surface area (Å²) in [7, 11) is -1.72. The molecule has 1 aromatic carbocycles. The molecule has 10 heteroatoms.